The topological polar surface area (TPSA) is 55.5 Å². The van der Waals surface area contributed by atoms with E-state index in [0.29, 0.717) is 18.4 Å². The normalized spacial score (nSPS) is 19.3. The molecule has 4 heterocycles. The molecule has 2 aromatic heterocycles. The number of pyridine rings is 1. The van der Waals surface area contributed by atoms with Crippen LogP contribution < -0.4 is 15.3 Å². The number of rotatable bonds is 6. The molecule has 39 heavy (non-hydrogen) atoms. The van der Waals surface area contributed by atoms with E-state index in [9.17, 15) is 4.79 Å². The van der Waals surface area contributed by atoms with Crippen molar-refractivity contribution in [1.82, 2.24) is 19.0 Å². The highest BCUT2D eigenvalue weighted by Crippen LogP contribution is 2.36. The molecule has 2 unspecified atom stereocenters. The van der Waals surface area contributed by atoms with Crippen molar-refractivity contribution in [3.8, 4) is 5.75 Å². The highest BCUT2D eigenvalue weighted by atomic mass is 16.5. The Labute approximate surface area is 227 Å². The lowest BCUT2D eigenvalue weighted by molar-refractivity contribution is 0.309. The van der Waals surface area contributed by atoms with Crippen LogP contribution in [0.15, 0.2) is 83.8 Å². The average Bonchev–Trinajstić information content (AvgIpc) is 3.60. The molecular formula is C32H33N5O2. The molecule has 2 aliphatic heterocycles. The molecule has 0 radical (unpaired) electrons. The lowest BCUT2D eigenvalue weighted by Gasteiger charge is -2.23. The van der Waals surface area contributed by atoms with Gasteiger partial charge in [0.15, 0.2) is 0 Å². The Bertz CT molecular complexity index is 1690. The summed E-state index contributed by atoms with van der Waals surface area (Å²) in [5, 5.41) is 1.03. The van der Waals surface area contributed by atoms with Gasteiger partial charge >= 0.3 is 5.69 Å². The number of anilines is 1. The lowest BCUT2D eigenvalue weighted by atomic mass is 10.0. The monoisotopic (exact) mass is 519 g/mol. The molecule has 2 atom stereocenters. The number of aryl methyl sites for hydroxylation is 1. The number of nitrogens with zero attached hydrogens (tertiary/aromatic N) is 5. The highest BCUT2D eigenvalue weighted by Gasteiger charge is 2.40. The van der Waals surface area contributed by atoms with E-state index in [0.717, 1.165) is 66.0 Å². The molecular weight excluding hydrogens is 486 g/mol. The number of aromatic nitrogens is 3. The molecule has 3 aromatic carbocycles. The molecule has 7 heteroatoms. The predicted octanol–water partition coefficient (Wildman–Crippen LogP) is 4.51. The predicted molar refractivity (Wildman–Crippen MR) is 155 cm³/mol. The van der Waals surface area contributed by atoms with Crippen molar-refractivity contribution in [2.24, 2.45) is 18.9 Å². The maximum Gasteiger partial charge on any atom is 0.329 e. The van der Waals surface area contributed by atoms with E-state index in [-0.39, 0.29) is 5.69 Å². The highest BCUT2D eigenvalue weighted by molar-refractivity contribution is 6.03. The van der Waals surface area contributed by atoms with Crippen LogP contribution in [0.25, 0.3) is 21.9 Å². The van der Waals surface area contributed by atoms with Crippen LogP contribution in [0, 0.1) is 11.8 Å². The standard InChI is InChI=1S/C32H33N5O2/c1-34-31-28-14-26(36-20-24-18-35(19-25(24)21-36)16-22-6-4-3-5-7-22)10-13-29(28)33-15-30(31)37(32(34)38)17-23-8-11-27(39-2)12-9-23/h3-15,24-25H,16-21H2,1-2H3. The van der Waals surface area contributed by atoms with Crippen LogP contribution in [-0.4, -0.2) is 52.3 Å². The van der Waals surface area contributed by atoms with E-state index >= 15 is 0 Å². The number of methoxy groups -OCH3 is 1. The van der Waals surface area contributed by atoms with Gasteiger partial charge in [-0.05, 0) is 53.3 Å². The van der Waals surface area contributed by atoms with Gasteiger partial charge in [0, 0.05) is 50.8 Å². The zero-order valence-electron chi connectivity index (χ0n) is 22.5. The van der Waals surface area contributed by atoms with E-state index < -0.39 is 0 Å². The first-order chi connectivity index (χ1) is 19.1. The molecule has 0 saturated carbocycles. The first-order valence-corrected chi connectivity index (χ1v) is 13.7. The number of hydrogen-bond donors (Lipinski definition) is 0. The van der Waals surface area contributed by atoms with Gasteiger partial charge in [-0.3, -0.25) is 19.0 Å². The van der Waals surface area contributed by atoms with Crippen LogP contribution in [0.5, 0.6) is 5.75 Å². The fourth-order valence-electron chi connectivity index (χ4n) is 6.62. The lowest BCUT2D eigenvalue weighted by Crippen LogP contribution is -2.28. The van der Waals surface area contributed by atoms with Crippen LogP contribution in [-0.2, 0) is 20.1 Å². The molecule has 0 aliphatic carbocycles. The Hall–Kier alpha value is -4.10. The Morgan fingerprint density at radius 1 is 0.872 bits per heavy atom. The van der Waals surface area contributed by atoms with Crippen molar-refractivity contribution in [3.63, 3.8) is 0 Å². The van der Waals surface area contributed by atoms with Gasteiger partial charge in [0.2, 0.25) is 0 Å². The van der Waals surface area contributed by atoms with Gasteiger partial charge in [0.1, 0.15) is 5.75 Å². The molecule has 0 amide bonds. The van der Waals surface area contributed by atoms with E-state index in [1.165, 1.54) is 11.3 Å². The number of fused-ring (bicyclic) bond motifs is 4. The minimum absolute atomic E-state index is 0.0327. The van der Waals surface area contributed by atoms with Gasteiger partial charge in [0.05, 0.1) is 36.4 Å². The second-order valence-corrected chi connectivity index (χ2v) is 11.1. The number of ether oxygens (including phenoxy) is 1. The largest absolute Gasteiger partial charge is 0.497 e. The zero-order valence-corrected chi connectivity index (χ0v) is 22.5. The Balaban J connectivity index is 1.16. The van der Waals surface area contributed by atoms with Crippen molar-refractivity contribution in [1.29, 1.82) is 0 Å². The minimum Gasteiger partial charge on any atom is -0.497 e. The molecule has 0 spiro atoms. The van der Waals surface area contributed by atoms with Gasteiger partial charge in [0.25, 0.3) is 0 Å². The molecule has 2 fully saturated rings. The van der Waals surface area contributed by atoms with Gasteiger partial charge in [-0.15, -0.1) is 0 Å². The van der Waals surface area contributed by atoms with Crippen LogP contribution in [0.2, 0.25) is 0 Å². The first kappa shape index (κ1) is 24.0. The summed E-state index contributed by atoms with van der Waals surface area (Å²) in [6.07, 6.45) is 1.84. The van der Waals surface area contributed by atoms with E-state index in [4.69, 9.17) is 9.72 Å². The summed E-state index contributed by atoms with van der Waals surface area (Å²) in [5.41, 5.74) is 6.34. The van der Waals surface area contributed by atoms with Crippen LogP contribution >= 0.6 is 0 Å². The third-order valence-electron chi connectivity index (χ3n) is 8.62. The smallest absolute Gasteiger partial charge is 0.329 e. The van der Waals surface area contributed by atoms with Crippen LogP contribution in [0.4, 0.5) is 5.69 Å². The Morgan fingerprint density at radius 3 is 2.31 bits per heavy atom. The molecule has 198 valence electrons. The summed E-state index contributed by atoms with van der Waals surface area (Å²) in [6.45, 7) is 5.97. The summed E-state index contributed by atoms with van der Waals surface area (Å²) in [6, 6.07) is 25.2. The van der Waals surface area contributed by atoms with Gasteiger partial charge < -0.3 is 9.64 Å². The Morgan fingerprint density at radius 2 is 1.59 bits per heavy atom. The van der Waals surface area contributed by atoms with Crippen molar-refractivity contribution in [2.45, 2.75) is 13.1 Å². The van der Waals surface area contributed by atoms with Crippen molar-refractivity contribution in [3.05, 3.63) is 101 Å². The number of imidazole rings is 1. The summed E-state index contributed by atoms with van der Waals surface area (Å²) in [7, 11) is 3.52. The number of hydrogen-bond acceptors (Lipinski definition) is 5. The summed E-state index contributed by atoms with van der Waals surface area (Å²) < 4.78 is 8.87. The van der Waals surface area contributed by atoms with Gasteiger partial charge in [-0.1, -0.05) is 42.5 Å². The number of likely N-dealkylation sites (tertiary alicyclic amines) is 1. The summed E-state index contributed by atoms with van der Waals surface area (Å²) >= 11 is 0. The second kappa shape index (κ2) is 9.58. The van der Waals surface area contributed by atoms with Crippen molar-refractivity contribution < 1.29 is 4.74 Å². The Kier molecular flexibility index (Phi) is 5.89. The average molecular weight is 520 g/mol. The van der Waals surface area contributed by atoms with Crippen LogP contribution in [0.1, 0.15) is 11.1 Å². The van der Waals surface area contributed by atoms with Gasteiger partial charge in [-0.2, -0.15) is 0 Å². The quantitative estimate of drug-likeness (QED) is 0.330. The second-order valence-electron chi connectivity index (χ2n) is 11.1. The number of benzene rings is 3. The molecule has 2 saturated heterocycles. The summed E-state index contributed by atoms with van der Waals surface area (Å²) in [4.78, 5) is 23.2. The van der Waals surface area contributed by atoms with Gasteiger partial charge in [-0.25, -0.2) is 4.79 Å². The van der Waals surface area contributed by atoms with E-state index in [1.54, 1.807) is 11.7 Å². The maximum atomic E-state index is 13.4. The molecule has 5 aromatic rings. The molecule has 7 rings (SSSR count). The van der Waals surface area contributed by atoms with Crippen molar-refractivity contribution in [2.75, 3.05) is 38.2 Å². The third kappa shape index (κ3) is 4.27. The van der Waals surface area contributed by atoms with E-state index in [1.807, 2.05) is 42.1 Å². The maximum absolute atomic E-state index is 13.4. The van der Waals surface area contributed by atoms with Crippen LogP contribution in [0.3, 0.4) is 0 Å². The molecule has 0 N–H and O–H groups in total. The third-order valence-corrected chi connectivity index (χ3v) is 8.62. The molecule has 0 bridgehead atoms. The summed E-state index contributed by atoms with van der Waals surface area (Å²) in [5.74, 6) is 2.18. The molecule has 2 aliphatic rings. The zero-order chi connectivity index (χ0) is 26.5. The first-order valence-electron chi connectivity index (χ1n) is 13.7. The fourth-order valence-corrected chi connectivity index (χ4v) is 6.62. The van der Waals surface area contributed by atoms with Crippen molar-refractivity contribution >= 4 is 27.6 Å². The van der Waals surface area contributed by atoms with E-state index in [2.05, 4.69) is 58.3 Å². The fraction of sp³-hybridized carbons (Fsp3) is 0.312. The minimum atomic E-state index is -0.0327. The SMILES string of the molecule is COc1ccc(Cn2c(=O)n(C)c3c4cc(N5CC6CN(Cc7ccccc7)CC6C5)ccc4ncc32)cc1. The molecule has 7 nitrogen and oxygen atoms in total.